The molecule has 2 heterocycles. The van der Waals surface area contributed by atoms with Crippen LogP contribution in [0.15, 0.2) is 36.5 Å². The predicted octanol–water partition coefficient (Wildman–Crippen LogP) is 2.59. The Kier molecular flexibility index (Phi) is 5.36. The van der Waals surface area contributed by atoms with Gasteiger partial charge in [-0.1, -0.05) is 0 Å². The molecular weight excluding hydrogens is 334 g/mol. The molecule has 1 aromatic heterocycles. The van der Waals surface area contributed by atoms with Crippen molar-refractivity contribution in [2.24, 2.45) is 0 Å². The maximum absolute atomic E-state index is 12.6. The Bertz CT molecular complexity index is 816. The second-order valence-corrected chi connectivity index (χ2v) is 5.95. The summed E-state index contributed by atoms with van der Waals surface area (Å²) < 4.78 is 10.4. The fourth-order valence-electron chi connectivity index (χ4n) is 2.87. The molecule has 1 aromatic carbocycles. The largest absolute Gasteiger partial charge is 0.497 e. The smallest absolute Gasteiger partial charge is 0.272 e. The average Bonchev–Trinajstić information content (AvgIpc) is 3.22. The van der Waals surface area contributed by atoms with Crippen molar-refractivity contribution in [3.05, 3.63) is 47.8 Å². The first kappa shape index (κ1) is 17.7. The molecule has 1 fully saturated rings. The summed E-state index contributed by atoms with van der Waals surface area (Å²) in [7, 11) is 3.08. The molecule has 136 valence electrons. The quantitative estimate of drug-likeness (QED) is 0.892. The minimum atomic E-state index is -0.341. The lowest BCUT2D eigenvalue weighted by Crippen LogP contribution is -2.28. The molecule has 0 saturated carbocycles. The number of carbonyl (C=O) groups excluding carboxylic acids is 2. The molecule has 1 N–H and O–H groups in total. The number of benzene rings is 1. The van der Waals surface area contributed by atoms with E-state index in [1.165, 1.54) is 19.4 Å². The lowest BCUT2D eigenvalue weighted by atomic mass is 10.2. The number of likely N-dealkylation sites (tertiary alicyclic amines) is 1. The van der Waals surface area contributed by atoms with E-state index in [1.54, 1.807) is 36.3 Å². The summed E-state index contributed by atoms with van der Waals surface area (Å²) in [6, 6.07) is 8.21. The van der Waals surface area contributed by atoms with E-state index in [0.29, 0.717) is 22.7 Å². The van der Waals surface area contributed by atoms with Crippen molar-refractivity contribution < 1.29 is 19.1 Å². The number of nitrogens with one attached hydrogen (secondary N) is 1. The summed E-state index contributed by atoms with van der Waals surface area (Å²) in [6.07, 6.45) is 3.48. The molecule has 1 aliphatic rings. The molecule has 0 spiro atoms. The van der Waals surface area contributed by atoms with Crippen LogP contribution in [0.4, 0.5) is 5.69 Å². The second-order valence-electron chi connectivity index (χ2n) is 5.95. The van der Waals surface area contributed by atoms with E-state index in [0.717, 1.165) is 25.9 Å². The first-order chi connectivity index (χ1) is 12.6. The molecule has 0 atom stereocenters. The number of anilines is 1. The number of rotatable bonds is 5. The molecule has 3 rings (SSSR count). The van der Waals surface area contributed by atoms with Gasteiger partial charge in [-0.3, -0.25) is 14.6 Å². The minimum absolute atomic E-state index is 0.140. The summed E-state index contributed by atoms with van der Waals surface area (Å²) in [6.45, 7) is 1.47. The van der Waals surface area contributed by atoms with Crippen LogP contribution in [0.1, 0.15) is 33.7 Å². The van der Waals surface area contributed by atoms with E-state index in [2.05, 4.69) is 10.3 Å². The number of pyridine rings is 1. The zero-order valence-corrected chi connectivity index (χ0v) is 14.8. The Morgan fingerprint density at radius 2 is 1.85 bits per heavy atom. The second kappa shape index (κ2) is 7.86. The van der Waals surface area contributed by atoms with Crippen LogP contribution in [0.2, 0.25) is 0 Å². The Morgan fingerprint density at radius 3 is 2.54 bits per heavy atom. The van der Waals surface area contributed by atoms with Gasteiger partial charge in [0.2, 0.25) is 0 Å². The zero-order valence-electron chi connectivity index (χ0n) is 14.8. The fourth-order valence-corrected chi connectivity index (χ4v) is 2.87. The van der Waals surface area contributed by atoms with Crippen LogP contribution < -0.4 is 14.8 Å². The molecular formula is C19H21N3O4. The van der Waals surface area contributed by atoms with E-state index in [9.17, 15) is 9.59 Å². The Morgan fingerprint density at radius 1 is 1.08 bits per heavy atom. The highest BCUT2D eigenvalue weighted by Gasteiger charge is 2.21. The van der Waals surface area contributed by atoms with Crippen LogP contribution in [0.5, 0.6) is 11.5 Å². The van der Waals surface area contributed by atoms with Gasteiger partial charge in [-0.2, -0.15) is 0 Å². The van der Waals surface area contributed by atoms with Crippen molar-refractivity contribution in [3.8, 4) is 11.5 Å². The highest BCUT2D eigenvalue weighted by Crippen LogP contribution is 2.29. The van der Waals surface area contributed by atoms with Gasteiger partial charge in [-0.15, -0.1) is 0 Å². The Balaban J connectivity index is 1.78. The van der Waals surface area contributed by atoms with Crippen LogP contribution in [0.25, 0.3) is 0 Å². The molecule has 7 heteroatoms. The third-order valence-electron chi connectivity index (χ3n) is 4.29. The molecule has 2 amide bonds. The number of amides is 2. The molecule has 1 saturated heterocycles. The molecule has 0 unspecified atom stereocenters. The normalized spacial score (nSPS) is 13.4. The van der Waals surface area contributed by atoms with E-state index in [4.69, 9.17) is 9.47 Å². The third kappa shape index (κ3) is 3.77. The number of hydrogen-bond acceptors (Lipinski definition) is 5. The van der Waals surface area contributed by atoms with E-state index < -0.39 is 0 Å². The van der Waals surface area contributed by atoms with Crippen molar-refractivity contribution in [3.63, 3.8) is 0 Å². The van der Waals surface area contributed by atoms with Crippen LogP contribution in [0.3, 0.4) is 0 Å². The maximum Gasteiger partial charge on any atom is 0.272 e. The Labute approximate surface area is 151 Å². The van der Waals surface area contributed by atoms with Gasteiger partial charge in [0.05, 0.1) is 19.9 Å². The Hall–Kier alpha value is -3.09. The van der Waals surface area contributed by atoms with Crippen LogP contribution in [-0.4, -0.2) is 49.0 Å². The lowest BCUT2D eigenvalue weighted by Gasteiger charge is -2.15. The summed E-state index contributed by atoms with van der Waals surface area (Å²) in [5.41, 5.74) is 1.16. The van der Waals surface area contributed by atoms with Gasteiger partial charge in [0.15, 0.2) is 0 Å². The maximum atomic E-state index is 12.6. The van der Waals surface area contributed by atoms with Gasteiger partial charge in [0.1, 0.15) is 17.2 Å². The molecule has 1 aliphatic heterocycles. The molecule has 26 heavy (non-hydrogen) atoms. The van der Waals surface area contributed by atoms with E-state index in [1.807, 2.05) is 0 Å². The van der Waals surface area contributed by atoms with Gasteiger partial charge in [-0.05, 0) is 37.1 Å². The number of aromatic nitrogens is 1. The third-order valence-corrected chi connectivity index (χ3v) is 4.29. The van der Waals surface area contributed by atoms with Crippen LogP contribution in [0, 0.1) is 0 Å². The van der Waals surface area contributed by atoms with Gasteiger partial charge in [0.25, 0.3) is 11.8 Å². The highest BCUT2D eigenvalue weighted by atomic mass is 16.5. The van der Waals surface area contributed by atoms with Crippen molar-refractivity contribution in [2.75, 3.05) is 32.6 Å². The minimum Gasteiger partial charge on any atom is -0.497 e. The first-order valence-electron chi connectivity index (χ1n) is 8.41. The highest BCUT2D eigenvalue weighted by molar-refractivity contribution is 6.06. The van der Waals surface area contributed by atoms with Gasteiger partial charge >= 0.3 is 0 Å². The van der Waals surface area contributed by atoms with Crippen LogP contribution in [-0.2, 0) is 0 Å². The summed E-state index contributed by atoms with van der Waals surface area (Å²) in [4.78, 5) is 30.9. The van der Waals surface area contributed by atoms with Gasteiger partial charge in [0, 0.05) is 30.9 Å². The standard InChI is InChI=1S/C19H21N3O4/c1-25-14-5-6-15(17(12-14)26-2)21-18(23)13-7-8-20-16(11-13)19(24)22-9-3-4-10-22/h5-8,11-12H,3-4,9-10H2,1-2H3,(H,21,23). The number of carbonyl (C=O) groups is 2. The molecule has 0 aliphatic carbocycles. The van der Waals surface area contributed by atoms with Gasteiger partial charge < -0.3 is 19.7 Å². The molecule has 2 aromatic rings. The number of nitrogens with zero attached hydrogens (tertiary/aromatic N) is 2. The van der Waals surface area contributed by atoms with E-state index in [-0.39, 0.29) is 17.5 Å². The molecule has 0 bridgehead atoms. The monoisotopic (exact) mass is 355 g/mol. The van der Waals surface area contributed by atoms with Crippen LogP contribution >= 0.6 is 0 Å². The van der Waals surface area contributed by atoms with Gasteiger partial charge in [-0.25, -0.2) is 0 Å². The number of hydrogen-bond donors (Lipinski definition) is 1. The first-order valence-corrected chi connectivity index (χ1v) is 8.41. The zero-order chi connectivity index (χ0) is 18.5. The predicted molar refractivity (Wildman–Crippen MR) is 96.9 cm³/mol. The van der Waals surface area contributed by atoms with Crippen molar-refractivity contribution in [1.82, 2.24) is 9.88 Å². The lowest BCUT2D eigenvalue weighted by molar-refractivity contribution is 0.0787. The molecule has 7 nitrogen and oxygen atoms in total. The van der Waals surface area contributed by atoms with Crippen molar-refractivity contribution in [1.29, 1.82) is 0 Å². The number of ether oxygens (including phenoxy) is 2. The SMILES string of the molecule is COc1ccc(NC(=O)c2ccnc(C(=O)N3CCCC3)c2)c(OC)c1. The number of methoxy groups -OCH3 is 2. The molecule has 0 radical (unpaired) electrons. The van der Waals surface area contributed by atoms with E-state index >= 15 is 0 Å². The summed E-state index contributed by atoms with van der Waals surface area (Å²) in [5, 5.41) is 2.79. The summed E-state index contributed by atoms with van der Waals surface area (Å²) in [5.74, 6) is 0.632. The summed E-state index contributed by atoms with van der Waals surface area (Å²) >= 11 is 0. The fraction of sp³-hybridized carbons (Fsp3) is 0.316. The topological polar surface area (TPSA) is 80.8 Å². The average molecular weight is 355 g/mol. The van der Waals surface area contributed by atoms with Crippen molar-refractivity contribution in [2.45, 2.75) is 12.8 Å². The van der Waals surface area contributed by atoms with Crippen molar-refractivity contribution >= 4 is 17.5 Å².